The number of para-hydroxylation sites is 1. The zero-order valence-corrected chi connectivity index (χ0v) is 17.6. The number of nitrogens with zero attached hydrogens (tertiary/aromatic N) is 4. The number of carbonyl (C=O) groups excluding carboxylic acids is 1. The minimum atomic E-state index is -0.214. The molecule has 146 valence electrons. The minimum absolute atomic E-state index is 0.0109. The van der Waals surface area contributed by atoms with Crippen molar-refractivity contribution in [2.75, 3.05) is 23.7 Å². The van der Waals surface area contributed by atoms with Crippen LogP contribution in [0.5, 0.6) is 0 Å². The Bertz CT molecular complexity index is 801. The first-order chi connectivity index (χ1) is 12.9. The van der Waals surface area contributed by atoms with Crippen LogP contribution in [-0.2, 0) is 4.79 Å². The molecule has 1 fully saturated rings. The number of thioether (sulfide) groups is 1. The number of hydrogen-bond acceptors (Lipinski definition) is 5. The van der Waals surface area contributed by atoms with Gasteiger partial charge >= 0.3 is 0 Å². The fourth-order valence-corrected chi connectivity index (χ4v) is 3.91. The van der Waals surface area contributed by atoms with Gasteiger partial charge in [0.05, 0.1) is 16.5 Å². The Labute approximate surface area is 169 Å². The Morgan fingerprint density at radius 2 is 1.96 bits per heavy atom. The van der Waals surface area contributed by atoms with Crippen molar-refractivity contribution in [1.82, 2.24) is 20.1 Å². The summed E-state index contributed by atoms with van der Waals surface area (Å²) in [5, 5.41) is 13.1. The molecule has 3 rings (SSSR count). The molecule has 0 bridgehead atoms. The van der Waals surface area contributed by atoms with Crippen molar-refractivity contribution in [2.45, 2.75) is 50.7 Å². The Morgan fingerprint density at radius 1 is 1.26 bits per heavy atom. The Kier molecular flexibility index (Phi) is 6.32. The van der Waals surface area contributed by atoms with Gasteiger partial charge in [0.25, 0.3) is 0 Å². The van der Waals surface area contributed by atoms with Crippen LogP contribution in [0.15, 0.2) is 29.4 Å². The molecule has 2 aromatic rings. The van der Waals surface area contributed by atoms with Gasteiger partial charge in [0.2, 0.25) is 11.9 Å². The normalized spacial score (nSPS) is 14.6. The summed E-state index contributed by atoms with van der Waals surface area (Å²) in [6.07, 6.45) is 3.16. The number of halogens is 1. The van der Waals surface area contributed by atoms with Crippen LogP contribution in [0.3, 0.4) is 0 Å². The molecular formula is C19H26ClN5OS. The molecule has 0 atom stereocenters. The molecule has 2 heterocycles. The molecule has 1 aromatic carbocycles. The van der Waals surface area contributed by atoms with Gasteiger partial charge in [-0.05, 0) is 45.2 Å². The maximum Gasteiger partial charge on any atom is 0.232 e. The summed E-state index contributed by atoms with van der Waals surface area (Å²) >= 11 is 7.83. The van der Waals surface area contributed by atoms with Gasteiger partial charge in [-0.1, -0.05) is 42.4 Å². The van der Waals surface area contributed by atoms with E-state index in [0.717, 1.165) is 44.0 Å². The minimum Gasteiger partial charge on any atom is -0.351 e. The van der Waals surface area contributed by atoms with Gasteiger partial charge in [-0.15, -0.1) is 10.2 Å². The van der Waals surface area contributed by atoms with Crippen molar-refractivity contribution < 1.29 is 4.79 Å². The lowest BCUT2D eigenvalue weighted by Crippen LogP contribution is -2.43. The molecule has 8 heteroatoms. The molecule has 0 saturated carbocycles. The summed E-state index contributed by atoms with van der Waals surface area (Å²) in [5.74, 6) is 1.06. The molecule has 0 spiro atoms. The third kappa shape index (κ3) is 4.76. The van der Waals surface area contributed by atoms with Gasteiger partial charge in [0, 0.05) is 18.6 Å². The number of aromatic nitrogens is 3. The smallest absolute Gasteiger partial charge is 0.232 e. The third-order valence-electron chi connectivity index (χ3n) is 4.79. The number of amides is 1. The van der Waals surface area contributed by atoms with Crippen LogP contribution in [0.25, 0.3) is 5.69 Å². The predicted octanol–water partition coefficient (Wildman–Crippen LogP) is 3.92. The fourth-order valence-electron chi connectivity index (χ4n) is 2.95. The van der Waals surface area contributed by atoms with E-state index in [0.29, 0.717) is 10.2 Å². The number of carbonyl (C=O) groups is 1. The van der Waals surface area contributed by atoms with E-state index in [1.54, 1.807) is 0 Å². The van der Waals surface area contributed by atoms with Crippen molar-refractivity contribution in [3.05, 3.63) is 29.3 Å². The average molecular weight is 408 g/mol. The van der Waals surface area contributed by atoms with Gasteiger partial charge in [0.15, 0.2) is 5.16 Å². The van der Waals surface area contributed by atoms with E-state index in [1.165, 1.54) is 11.8 Å². The molecule has 0 radical (unpaired) electrons. The summed E-state index contributed by atoms with van der Waals surface area (Å²) in [4.78, 5) is 14.6. The highest BCUT2D eigenvalue weighted by molar-refractivity contribution is 7.99. The molecule has 1 aliphatic rings. The van der Waals surface area contributed by atoms with Gasteiger partial charge in [-0.2, -0.15) is 0 Å². The maximum atomic E-state index is 12.3. The maximum absolute atomic E-state index is 12.3. The van der Waals surface area contributed by atoms with E-state index in [-0.39, 0.29) is 17.2 Å². The summed E-state index contributed by atoms with van der Waals surface area (Å²) in [6.45, 7) is 8.02. The van der Waals surface area contributed by atoms with Crippen LogP contribution < -0.4 is 10.2 Å². The van der Waals surface area contributed by atoms with E-state index >= 15 is 0 Å². The highest BCUT2D eigenvalue weighted by Gasteiger charge is 2.24. The monoisotopic (exact) mass is 407 g/mol. The van der Waals surface area contributed by atoms with Crippen molar-refractivity contribution in [3.63, 3.8) is 0 Å². The van der Waals surface area contributed by atoms with Crippen molar-refractivity contribution >= 4 is 35.2 Å². The summed E-state index contributed by atoms with van der Waals surface area (Å²) < 4.78 is 1.97. The Morgan fingerprint density at radius 3 is 2.63 bits per heavy atom. The molecule has 1 N–H and O–H groups in total. The van der Waals surface area contributed by atoms with Crippen LogP contribution >= 0.6 is 23.4 Å². The molecular weight excluding hydrogens is 382 g/mol. The Balaban J connectivity index is 1.85. The molecule has 1 aliphatic heterocycles. The lowest BCUT2D eigenvalue weighted by atomic mass is 10.0. The molecule has 27 heavy (non-hydrogen) atoms. The molecule has 1 saturated heterocycles. The molecule has 1 amide bonds. The van der Waals surface area contributed by atoms with Gasteiger partial charge in [-0.25, -0.2) is 0 Å². The van der Waals surface area contributed by atoms with E-state index in [9.17, 15) is 4.79 Å². The fraction of sp³-hybridized carbons (Fsp3) is 0.526. The topological polar surface area (TPSA) is 63.1 Å². The second kappa shape index (κ2) is 8.52. The highest BCUT2D eigenvalue weighted by Crippen LogP contribution is 2.31. The third-order valence-corrected chi connectivity index (χ3v) is 6.04. The predicted molar refractivity (Wildman–Crippen MR) is 111 cm³/mol. The second-order valence-corrected chi connectivity index (χ2v) is 8.69. The average Bonchev–Trinajstić information content (AvgIpc) is 3.29. The van der Waals surface area contributed by atoms with Crippen LogP contribution in [0.1, 0.15) is 40.0 Å². The van der Waals surface area contributed by atoms with Gasteiger partial charge < -0.3 is 10.2 Å². The van der Waals surface area contributed by atoms with E-state index in [4.69, 9.17) is 11.6 Å². The first-order valence-corrected chi connectivity index (χ1v) is 10.7. The number of nitrogens with one attached hydrogen (secondary N) is 1. The highest BCUT2D eigenvalue weighted by atomic mass is 35.5. The first kappa shape index (κ1) is 20.0. The van der Waals surface area contributed by atoms with E-state index in [1.807, 2.05) is 42.7 Å². The largest absolute Gasteiger partial charge is 0.351 e. The zero-order chi connectivity index (χ0) is 19.4. The number of benzene rings is 1. The standard InChI is InChI=1S/C19H26ClN5OS/c1-4-19(2,3)21-16(26)13-27-18-23-22-17(24-11-7-8-12-24)25(18)15-10-6-5-9-14(15)20/h5-6,9-10H,4,7-8,11-13H2,1-3H3,(H,21,26). The quantitative estimate of drug-likeness (QED) is 0.705. The molecule has 1 aromatic heterocycles. The van der Waals surface area contributed by atoms with E-state index in [2.05, 4.69) is 27.3 Å². The van der Waals surface area contributed by atoms with Crippen molar-refractivity contribution in [3.8, 4) is 5.69 Å². The van der Waals surface area contributed by atoms with Crippen LogP contribution in [0.2, 0.25) is 5.02 Å². The van der Waals surface area contributed by atoms with Crippen LogP contribution in [0.4, 0.5) is 5.95 Å². The lowest BCUT2D eigenvalue weighted by Gasteiger charge is -2.24. The lowest BCUT2D eigenvalue weighted by molar-refractivity contribution is -0.120. The van der Waals surface area contributed by atoms with Crippen molar-refractivity contribution in [1.29, 1.82) is 0 Å². The summed E-state index contributed by atoms with van der Waals surface area (Å²) in [7, 11) is 0. The van der Waals surface area contributed by atoms with E-state index < -0.39 is 0 Å². The van der Waals surface area contributed by atoms with Crippen LogP contribution in [0, 0.1) is 0 Å². The van der Waals surface area contributed by atoms with Gasteiger partial charge in [-0.3, -0.25) is 9.36 Å². The zero-order valence-electron chi connectivity index (χ0n) is 16.0. The summed E-state index contributed by atoms with van der Waals surface area (Å²) in [6, 6.07) is 7.66. The molecule has 0 aliphatic carbocycles. The summed E-state index contributed by atoms with van der Waals surface area (Å²) in [5.41, 5.74) is 0.622. The number of hydrogen-bond donors (Lipinski definition) is 1. The van der Waals surface area contributed by atoms with Gasteiger partial charge in [0.1, 0.15) is 0 Å². The first-order valence-electron chi connectivity index (χ1n) is 9.30. The Hall–Kier alpha value is -1.73. The number of rotatable bonds is 7. The van der Waals surface area contributed by atoms with Crippen LogP contribution in [-0.4, -0.2) is 45.1 Å². The second-order valence-electron chi connectivity index (χ2n) is 7.34. The van der Waals surface area contributed by atoms with Crippen molar-refractivity contribution in [2.24, 2.45) is 0 Å². The SMILES string of the molecule is CCC(C)(C)NC(=O)CSc1nnc(N2CCCC2)n1-c1ccccc1Cl. The number of anilines is 1. The molecule has 0 unspecified atom stereocenters. The molecule has 6 nitrogen and oxygen atoms in total.